The van der Waals surface area contributed by atoms with Gasteiger partial charge in [0.1, 0.15) is 0 Å². The third kappa shape index (κ3) is 3.83. The maximum absolute atomic E-state index is 12.6. The molecule has 1 aliphatic heterocycles. The first-order valence-corrected chi connectivity index (χ1v) is 9.60. The molecular formula is C19H19ClN2O2S. The summed E-state index contributed by atoms with van der Waals surface area (Å²) in [6.45, 7) is 2.25. The first kappa shape index (κ1) is 17.8. The average Bonchev–Trinajstić information content (AvgIpc) is 3.01. The number of anilines is 2. The number of hydrogen-bond acceptors (Lipinski definition) is 3. The number of hydrogen-bond donors (Lipinski definition) is 1. The fourth-order valence-electron chi connectivity index (χ4n) is 2.89. The molecule has 6 heteroatoms. The lowest BCUT2D eigenvalue weighted by molar-refractivity contribution is -0.122. The summed E-state index contributed by atoms with van der Waals surface area (Å²) in [6, 6.07) is 13.2. The first-order chi connectivity index (χ1) is 12.0. The van der Waals surface area contributed by atoms with Gasteiger partial charge in [-0.05, 0) is 49.1 Å². The second-order valence-corrected chi connectivity index (χ2v) is 7.30. The van der Waals surface area contributed by atoms with E-state index in [0.717, 1.165) is 16.1 Å². The first-order valence-electron chi connectivity index (χ1n) is 8.00. The van der Waals surface area contributed by atoms with E-state index in [-0.39, 0.29) is 24.2 Å². The van der Waals surface area contributed by atoms with Crippen molar-refractivity contribution in [2.45, 2.75) is 18.2 Å². The lowest BCUT2D eigenvalue weighted by atomic mass is 10.1. The molecule has 0 bridgehead atoms. The van der Waals surface area contributed by atoms with Crippen molar-refractivity contribution < 1.29 is 9.59 Å². The third-order valence-electron chi connectivity index (χ3n) is 4.39. The lowest BCUT2D eigenvalue weighted by Gasteiger charge is -2.17. The molecule has 4 nitrogen and oxygen atoms in total. The second-order valence-electron chi connectivity index (χ2n) is 6.01. The SMILES string of the molecule is CSc1cccc(N2CC(C(=O)Nc3cccc(Cl)c3C)CC2=O)c1. The Morgan fingerprint density at radius 2 is 2.04 bits per heavy atom. The largest absolute Gasteiger partial charge is 0.325 e. The fraction of sp³-hybridized carbons (Fsp3) is 0.263. The van der Waals surface area contributed by atoms with Gasteiger partial charge in [0.15, 0.2) is 0 Å². The molecule has 1 heterocycles. The summed E-state index contributed by atoms with van der Waals surface area (Å²) in [5, 5.41) is 3.51. The third-order valence-corrected chi connectivity index (χ3v) is 5.52. The van der Waals surface area contributed by atoms with Crippen LogP contribution in [0.15, 0.2) is 47.4 Å². The quantitative estimate of drug-likeness (QED) is 0.809. The minimum absolute atomic E-state index is 0.0266. The number of nitrogens with one attached hydrogen (secondary N) is 1. The number of rotatable bonds is 4. The van der Waals surface area contributed by atoms with Gasteiger partial charge >= 0.3 is 0 Å². The molecule has 0 spiro atoms. The van der Waals surface area contributed by atoms with Crippen LogP contribution in [-0.4, -0.2) is 24.6 Å². The van der Waals surface area contributed by atoms with Gasteiger partial charge in [-0.15, -0.1) is 11.8 Å². The van der Waals surface area contributed by atoms with Crippen LogP contribution in [0, 0.1) is 12.8 Å². The molecule has 0 aromatic heterocycles. The summed E-state index contributed by atoms with van der Waals surface area (Å²) in [6.07, 6.45) is 2.21. The van der Waals surface area contributed by atoms with Crippen molar-refractivity contribution in [2.24, 2.45) is 5.92 Å². The Balaban J connectivity index is 1.73. The molecule has 1 atom stereocenters. The van der Waals surface area contributed by atoms with Crippen molar-refractivity contribution in [2.75, 3.05) is 23.0 Å². The van der Waals surface area contributed by atoms with Gasteiger partial charge in [-0.25, -0.2) is 0 Å². The molecule has 0 aliphatic carbocycles. The normalized spacial score (nSPS) is 17.0. The predicted molar refractivity (Wildman–Crippen MR) is 104 cm³/mol. The molecule has 1 N–H and O–H groups in total. The van der Waals surface area contributed by atoms with E-state index in [4.69, 9.17) is 11.6 Å². The van der Waals surface area contributed by atoms with Gasteiger partial charge in [0.05, 0.1) is 5.92 Å². The fourth-order valence-corrected chi connectivity index (χ4v) is 3.52. The zero-order chi connectivity index (χ0) is 18.0. The summed E-state index contributed by atoms with van der Waals surface area (Å²) in [5.41, 5.74) is 2.35. The van der Waals surface area contributed by atoms with Crippen LogP contribution in [0.2, 0.25) is 5.02 Å². The smallest absolute Gasteiger partial charge is 0.229 e. The lowest BCUT2D eigenvalue weighted by Crippen LogP contribution is -2.28. The second kappa shape index (κ2) is 7.50. The van der Waals surface area contributed by atoms with Gasteiger partial charge in [-0.2, -0.15) is 0 Å². The molecule has 0 saturated carbocycles. The zero-order valence-corrected chi connectivity index (χ0v) is 15.7. The van der Waals surface area contributed by atoms with E-state index in [2.05, 4.69) is 5.32 Å². The highest BCUT2D eigenvalue weighted by molar-refractivity contribution is 7.98. The highest BCUT2D eigenvalue weighted by atomic mass is 35.5. The van der Waals surface area contributed by atoms with Crippen LogP contribution in [-0.2, 0) is 9.59 Å². The number of nitrogens with zero attached hydrogens (tertiary/aromatic N) is 1. The maximum Gasteiger partial charge on any atom is 0.229 e. The molecule has 3 rings (SSSR count). The molecule has 0 radical (unpaired) electrons. The van der Waals surface area contributed by atoms with Crippen molar-refractivity contribution in [3.05, 3.63) is 53.1 Å². The van der Waals surface area contributed by atoms with Crippen LogP contribution in [0.1, 0.15) is 12.0 Å². The van der Waals surface area contributed by atoms with E-state index in [1.807, 2.05) is 43.5 Å². The van der Waals surface area contributed by atoms with E-state index < -0.39 is 0 Å². The number of halogens is 1. The number of amides is 2. The van der Waals surface area contributed by atoms with E-state index in [1.165, 1.54) is 0 Å². The van der Waals surface area contributed by atoms with Crippen LogP contribution < -0.4 is 10.2 Å². The summed E-state index contributed by atoms with van der Waals surface area (Å²) in [7, 11) is 0. The van der Waals surface area contributed by atoms with Crippen LogP contribution in [0.5, 0.6) is 0 Å². The molecule has 1 unspecified atom stereocenters. The van der Waals surface area contributed by atoms with Crippen LogP contribution in [0.25, 0.3) is 0 Å². The van der Waals surface area contributed by atoms with Gasteiger partial charge in [0.25, 0.3) is 0 Å². The minimum atomic E-state index is -0.371. The Morgan fingerprint density at radius 1 is 1.28 bits per heavy atom. The highest BCUT2D eigenvalue weighted by Crippen LogP contribution is 2.29. The van der Waals surface area contributed by atoms with Crippen molar-refractivity contribution in [3.8, 4) is 0 Å². The van der Waals surface area contributed by atoms with Crippen LogP contribution >= 0.6 is 23.4 Å². The molecule has 1 aliphatic rings. The zero-order valence-electron chi connectivity index (χ0n) is 14.1. The molecule has 25 heavy (non-hydrogen) atoms. The highest BCUT2D eigenvalue weighted by Gasteiger charge is 2.35. The molecular weight excluding hydrogens is 356 g/mol. The van der Waals surface area contributed by atoms with Crippen molar-refractivity contribution >= 4 is 46.6 Å². The number of carbonyl (C=O) groups excluding carboxylic acids is 2. The van der Waals surface area contributed by atoms with Crippen LogP contribution in [0.3, 0.4) is 0 Å². The van der Waals surface area contributed by atoms with Gasteiger partial charge in [0, 0.05) is 34.3 Å². The molecule has 2 aromatic carbocycles. The molecule has 1 saturated heterocycles. The summed E-state index contributed by atoms with van der Waals surface area (Å²) in [4.78, 5) is 27.7. The van der Waals surface area contributed by atoms with E-state index >= 15 is 0 Å². The van der Waals surface area contributed by atoms with Gasteiger partial charge in [0.2, 0.25) is 11.8 Å². The van der Waals surface area contributed by atoms with Gasteiger partial charge in [-0.1, -0.05) is 23.7 Å². The summed E-state index contributed by atoms with van der Waals surface area (Å²) < 4.78 is 0. The number of benzene rings is 2. The van der Waals surface area contributed by atoms with Crippen molar-refractivity contribution in [1.29, 1.82) is 0 Å². The minimum Gasteiger partial charge on any atom is -0.325 e. The Hall–Kier alpha value is -1.98. The summed E-state index contributed by atoms with van der Waals surface area (Å²) in [5.74, 6) is -0.549. The number of thioether (sulfide) groups is 1. The molecule has 2 aromatic rings. The molecule has 2 amide bonds. The topological polar surface area (TPSA) is 49.4 Å². The summed E-state index contributed by atoms with van der Waals surface area (Å²) >= 11 is 7.72. The molecule has 130 valence electrons. The van der Waals surface area contributed by atoms with Crippen molar-refractivity contribution in [3.63, 3.8) is 0 Å². The van der Waals surface area contributed by atoms with Crippen molar-refractivity contribution in [1.82, 2.24) is 0 Å². The predicted octanol–water partition coefficient (Wildman–Crippen LogP) is 4.36. The van der Waals surface area contributed by atoms with Gasteiger partial charge in [-0.3, -0.25) is 9.59 Å². The van der Waals surface area contributed by atoms with E-state index in [9.17, 15) is 9.59 Å². The Labute approximate surface area is 156 Å². The average molecular weight is 375 g/mol. The van der Waals surface area contributed by atoms with Crippen LogP contribution in [0.4, 0.5) is 11.4 Å². The Kier molecular flexibility index (Phi) is 5.35. The standard InChI is InChI=1S/C19H19ClN2O2S/c1-12-16(20)7-4-8-17(12)21-19(24)13-9-18(23)22(11-13)14-5-3-6-15(10-14)25-2/h3-8,10,13H,9,11H2,1-2H3,(H,21,24). The van der Waals surface area contributed by atoms with E-state index in [1.54, 1.807) is 28.8 Å². The maximum atomic E-state index is 12.6. The van der Waals surface area contributed by atoms with E-state index in [0.29, 0.717) is 17.3 Å². The Bertz CT molecular complexity index is 825. The Morgan fingerprint density at radius 3 is 2.80 bits per heavy atom. The van der Waals surface area contributed by atoms with Gasteiger partial charge < -0.3 is 10.2 Å². The number of carbonyl (C=O) groups is 2. The molecule has 1 fully saturated rings. The monoisotopic (exact) mass is 374 g/mol.